The Balaban J connectivity index is 1.67. The fourth-order valence-electron chi connectivity index (χ4n) is 2.73. The molecule has 2 atom stereocenters. The number of carbonyl (C=O) groups is 1. The van der Waals surface area contributed by atoms with E-state index in [2.05, 4.69) is 20.6 Å². The zero-order valence-electron chi connectivity index (χ0n) is 13.9. The molecule has 0 fully saturated rings. The Hall–Kier alpha value is -2.57. The lowest BCUT2D eigenvalue weighted by Crippen LogP contribution is -2.39. The quantitative estimate of drug-likeness (QED) is 0.564. The molecule has 0 spiro atoms. The molecular formula is C18H19ClN4O2. The highest BCUT2D eigenvalue weighted by molar-refractivity contribution is 6.31. The summed E-state index contributed by atoms with van der Waals surface area (Å²) in [6.07, 6.45) is 0. The third-order valence-corrected chi connectivity index (χ3v) is 4.39. The van der Waals surface area contributed by atoms with Crippen LogP contribution in [0.4, 0.5) is 5.69 Å². The average Bonchev–Trinajstić information content (AvgIpc) is 2.94. The molecule has 25 heavy (non-hydrogen) atoms. The van der Waals surface area contributed by atoms with E-state index in [1.165, 1.54) is 0 Å². The van der Waals surface area contributed by atoms with Crippen molar-refractivity contribution in [2.24, 2.45) is 0 Å². The number of halogens is 1. The maximum Gasteiger partial charge on any atom is 0.323 e. The first kappa shape index (κ1) is 17.3. The lowest BCUT2D eigenvalue weighted by molar-refractivity contribution is -0.117. The number of imidazole rings is 1. The van der Waals surface area contributed by atoms with Crippen LogP contribution in [0.25, 0.3) is 11.0 Å². The lowest BCUT2D eigenvalue weighted by atomic mass is 10.1. The fourth-order valence-corrected chi connectivity index (χ4v) is 3.03. The van der Waals surface area contributed by atoms with Crippen molar-refractivity contribution in [3.05, 3.63) is 63.5 Å². The molecule has 0 unspecified atom stereocenters. The van der Waals surface area contributed by atoms with Crippen molar-refractivity contribution >= 4 is 34.2 Å². The molecule has 2 aromatic carbocycles. The van der Waals surface area contributed by atoms with Crippen LogP contribution in [0.5, 0.6) is 0 Å². The molecule has 1 aromatic heterocycles. The molecule has 3 rings (SSSR count). The first-order valence-electron chi connectivity index (χ1n) is 7.97. The van der Waals surface area contributed by atoms with Gasteiger partial charge in [-0.1, -0.05) is 29.8 Å². The van der Waals surface area contributed by atoms with Gasteiger partial charge in [0.25, 0.3) is 0 Å². The Bertz CT molecular complexity index is 963. The molecule has 0 aliphatic carbocycles. The van der Waals surface area contributed by atoms with Gasteiger partial charge in [-0.15, -0.1) is 0 Å². The van der Waals surface area contributed by atoms with Gasteiger partial charge in [0.2, 0.25) is 5.91 Å². The smallest absolute Gasteiger partial charge is 0.323 e. The van der Waals surface area contributed by atoms with Crippen molar-refractivity contribution < 1.29 is 4.79 Å². The normalized spacial score (nSPS) is 13.6. The molecule has 4 N–H and O–H groups in total. The highest BCUT2D eigenvalue weighted by Gasteiger charge is 2.18. The summed E-state index contributed by atoms with van der Waals surface area (Å²) >= 11 is 6.20. The van der Waals surface area contributed by atoms with E-state index in [1.807, 2.05) is 31.2 Å². The number of hydrogen-bond acceptors (Lipinski definition) is 3. The molecular weight excluding hydrogens is 340 g/mol. The van der Waals surface area contributed by atoms with E-state index in [-0.39, 0.29) is 17.6 Å². The number of carbonyl (C=O) groups excluding carboxylic acids is 1. The molecule has 0 saturated heterocycles. The number of anilines is 1. The number of nitrogens with one attached hydrogen (secondary N) is 4. The number of fused-ring (bicyclic) bond motifs is 1. The first-order chi connectivity index (χ1) is 11.9. The first-order valence-corrected chi connectivity index (χ1v) is 8.35. The van der Waals surface area contributed by atoms with Crippen LogP contribution >= 0.6 is 11.6 Å². The molecule has 0 aliphatic rings. The van der Waals surface area contributed by atoms with Gasteiger partial charge in [-0.3, -0.25) is 10.1 Å². The highest BCUT2D eigenvalue weighted by atomic mass is 35.5. The van der Waals surface area contributed by atoms with Gasteiger partial charge < -0.3 is 15.3 Å². The highest BCUT2D eigenvalue weighted by Crippen LogP contribution is 2.22. The number of aromatic amines is 2. The Morgan fingerprint density at radius 2 is 1.80 bits per heavy atom. The van der Waals surface area contributed by atoms with Crippen LogP contribution in [0.2, 0.25) is 5.02 Å². The summed E-state index contributed by atoms with van der Waals surface area (Å²) in [7, 11) is 0. The summed E-state index contributed by atoms with van der Waals surface area (Å²) in [6.45, 7) is 3.75. The molecule has 1 heterocycles. The lowest BCUT2D eigenvalue weighted by Gasteiger charge is -2.20. The molecule has 6 nitrogen and oxygen atoms in total. The molecule has 0 radical (unpaired) electrons. The van der Waals surface area contributed by atoms with Gasteiger partial charge in [-0.2, -0.15) is 0 Å². The second kappa shape index (κ2) is 7.13. The third kappa shape index (κ3) is 3.92. The second-order valence-electron chi connectivity index (χ2n) is 5.96. The number of aromatic nitrogens is 2. The summed E-state index contributed by atoms with van der Waals surface area (Å²) in [6, 6.07) is 12.3. The Labute approximate surface area is 149 Å². The third-order valence-electron chi connectivity index (χ3n) is 4.05. The minimum Gasteiger partial charge on any atom is -0.325 e. The monoisotopic (exact) mass is 358 g/mol. The van der Waals surface area contributed by atoms with E-state index >= 15 is 0 Å². The topological polar surface area (TPSA) is 89.8 Å². The summed E-state index contributed by atoms with van der Waals surface area (Å²) in [5.41, 5.74) is 2.62. The largest absolute Gasteiger partial charge is 0.325 e. The number of rotatable bonds is 5. The summed E-state index contributed by atoms with van der Waals surface area (Å²) in [4.78, 5) is 29.0. The Morgan fingerprint density at radius 1 is 1.08 bits per heavy atom. The van der Waals surface area contributed by atoms with Gasteiger partial charge in [0.15, 0.2) is 0 Å². The zero-order chi connectivity index (χ0) is 18.0. The van der Waals surface area contributed by atoms with Crippen LogP contribution in [0.3, 0.4) is 0 Å². The number of hydrogen-bond donors (Lipinski definition) is 4. The Morgan fingerprint density at radius 3 is 2.56 bits per heavy atom. The molecule has 1 amide bonds. The maximum absolute atomic E-state index is 12.4. The molecule has 0 bridgehead atoms. The van der Waals surface area contributed by atoms with Crippen LogP contribution in [-0.2, 0) is 4.79 Å². The van der Waals surface area contributed by atoms with Crippen molar-refractivity contribution in [1.29, 1.82) is 0 Å². The average molecular weight is 359 g/mol. The molecule has 7 heteroatoms. The van der Waals surface area contributed by atoms with E-state index < -0.39 is 6.04 Å². The molecule has 0 aliphatic heterocycles. The van der Waals surface area contributed by atoms with Gasteiger partial charge in [0.1, 0.15) is 0 Å². The second-order valence-corrected chi connectivity index (χ2v) is 6.37. The molecule has 130 valence electrons. The molecule has 3 aromatic rings. The van der Waals surface area contributed by atoms with E-state index in [1.54, 1.807) is 25.1 Å². The van der Waals surface area contributed by atoms with Gasteiger partial charge in [-0.05, 0) is 43.7 Å². The van der Waals surface area contributed by atoms with Crippen molar-refractivity contribution in [2.75, 3.05) is 5.32 Å². The van der Waals surface area contributed by atoms with E-state index in [9.17, 15) is 9.59 Å². The zero-order valence-corrected chi connectivity index (χ0v) is 14.6. The minimum atomic E-state index is -0.424. The van der Waals surface area contributed by atoms with Crippen LogP contribution in [0.15, 0.2) is 47.3 Å². The number of benzene rings is 2. The van der Waals surface area contributed by atoms with Crippen molar-refractivity contribution in [2.45, 2.75) is 25.9 Å². The van der Waals surface area contributed by atoms with Gasteiger partial charge in [0, 0.05) is 16.8 Å². The van der Waals surface area contributed by atoms with Gasteiger partial charge >= 0.3 is 5.69 Å². The standard InChI is InChI=1S/C18H19ClN4O2/c1-10(13-5-3-4-6-14(13)19)20-11(2)17(24)21-12-7-8-15-16(9-12)23-18(25)22-15/h3-11,20H,1-2H3,(H,21,24)(H2,22,23,25)/t10-,11+/m1/s1. The van der Waals surface area contributed by atoms with Crippen molar-refractivity contribution in [3.8, 4) is 0 Å². The maximum atomic E-state index is 12.4. The van der Waals surface area contributed by atoms with Crippen LogP contribution in [0.1, 0.15) is 25.5 Å². The number of amides is 1. The van der Waals surface area contributed by atoms with Gasteiger partial charge in [-0.25, -0.2) is 4.79 Å². The predicted octanol–water partition coefficient (Wildman–Crippen LogP) is 3.19. The molecule has 0 saturated carbocycles. The van der Waals surface area contributed by atoms with Gasteiger partial charge in [0.05, 0.1) is 17.1 Å². The van der Waals surface area contributed by atoms with Crippen LogP contribution in [-0.4, -0.2) is 21.9 Å². The van der Waals surface area contributed by atoms with E-state index in [0.717, 1.165) is 5.56 Å². The Kier molecular flexibility index (Phi) is 4.92. The van der Waals surface area contributed by atoms with E-state index in [0.29, 0.717) is 21.7 Å². The number of H-pyrrole nitrogens is 2. The van der Waals surface area contributed by atoms with Crippen molar-refractivity contribution in [3.63, 3.8) is 0 Å². The predicted molar refractivity (Wildman–Crippen MR) is 100 cm³/mol. The summed E-state index contributed by atoms with van der Waals surface area (Å²) < 4.78 is 0. The van der Waals surface area contributed by atoms with E-state index in [4.69, 9.17) is 11.6 Å². The summed E-state index contributed by atoms with van der Waals surface area (Å²) in [5, 5.41) is 6.75. The van der Waals surface area contributed by atoms with Crippen LogP contribution in [0, 0.1) is 0 Å². The minimum absolute atomic E-state index is 0.0713. The fraction of sp³-hybridized carbons (Fsp3) is 0.222. The summed E-state index contributed by atoms with van der Waals surface area (Å²) in [5.74, 6) is -0.170. The SMILES string of the molecule is C[C@H](N[C@H](C)c1ccccc1Cl)C(=O)Nc1ccc2[nH]c(=O)[nH]c2c1. The van der Waals surface area contributed by atoms with Crippen LogP contribution < -0.4 is 16.3 Å². The van der Waals surface area contributed by atoms with Crippen molar-refractivity contribution in [1.82, 2.24) is 15.3 Å².